The van der Waals surface area contributed by atoms with Crippen molar-refractivity contribution >= 4 is 11.7 Å². The summed E-state index contributed by atoms with van der Waals surface area (Å²) in [6.45, 7) is 6.29. The third-order valence-corrected chi connectivity index (χ3v) is 3.34. The highest BCUT2D eigenvalue weighted by Gasteiger charge is 2.22. The van der Waals surface area contributed by atoms with Gasteiger partial charge in [-0.3, -0.25) is 0 Å². The molecule has 0 bridgehead atoms. The minimum atomic E-state index is -0.867. The molecule has 0 unspecified atom stereocenters. The van der Waals surface area contributed by atoms with Crippen molar-refractivity contribution in [3.05, 3.63) is 29.3 Å². The van der Waals surface area contributed by atoms with Crippen molar-refractivity contribution in [2.45, 2.75) is 39.4 Å². The number of hydrogen-bond acceptors (Lipinski definition) is 3. The molecule has 1 fully saturated rings. The van der Waals surface area contributed by atoms with Gasteiger partial charge in [-0.05, 0) is 32.8 Å². The Morgan fingerprint density at radius 1 is 1.37 bits per heavy atom. The molecule has 0 saturated carbocycles. The molecule has 4 nitrogen and oxygen atoms in total. The first-order valence-corrected chi connectivity index (χ1v) is 6.81. The molecule has 2 rings (SSSR count). The van der Waals surface area contributed by atoms with E-state index in [1.54, 1.807) is 12.1 Å². The topological polar surface area (TPSA) is 49.8 Å². The Morgan fingerprint density at radius 2 is 2.05 bits per heavy atom. The maximum absolute atomic E-state index is 11.4. The molecule has 0 spiro atoms. The summed E-state index contributed by atoms with van der Waals surface area (Å²) in [5, 5.41) is 9.36. The van der Waals surface area contributed by atoms with Crippen molar-refractivity contribution in [2.24, 2.45) is 0 Å². The molecule has 1 saturated heterocycles. The molecule has 0 radical (unpaired) electrons. The van der Waals surface area contributed by atoms with E-state index in [0.29, 0.717) is 12.2 Å². The highest BCUT2D eigenvalue weighted by molar-refractivity contribution is 5.95. The Balaban J connectivity index is 2.34. The summed E-state index contributed by atoms with van der Waals surface area (Å²) in [7, 11) is 0. The van der Waals surface area contributed by atoms with Crippen molar-refractivity contribution in [1.82, 2.24) is 0 Å². The number of ether oxygens (including phenoxy) is 1. The number of carboxylic acids is 1. The second kappa shape index (κ2) is 6.06. The first kappa shape index (κ1) is 13.9. The normalized spacial score (nSPS) is 15.2. The summed E-state index contributed by atoms with van der Waals surface area (Å²) in [5.74, 6) is -0.867. The molecule has 1 aromatic carbocycles. The maximum Gasteiger partial charge on any atom is 0.337 e. The van der Waals surface area contributed by atoms with Gasteiger partial charge in [0.2, 0.25) is 0 Å². The van der Waals surface area contributed by atoms with Crippen LogP contribution in [0.25, 0.3) is 0 Å². The molecule has 19 heavy (non-hydrogen) atoms. The zero-order valence-electron chi connectivity index (χ0n) is 11.6. The predicted molar refractivity (Wildman–Crippen MR) is 74.8 cm³/mol. The Morgan fingerprint density at radius 3 is 2.63 bits per heavy atom. The lowest BCUT2D eigenvalue weighted by Crippen LogP contribution is -2.23. The lowest BCUT2D eigenvalue weighted by Gasteiger charge is -2.24. The van der Waals surface area contributed by atoms with Gasteiger partial charge >= 0.3 is 5.97 Å². The van der Waals surface area contributed by atoms with E-state index in [9.17, 15) is 9.90 Å². The molecule has 0 aromatic heterocycles. The standard InChI is InChI=1S/C15H21NO3/c1-11(2)19-10-12-6-5-7-13(15(17)18)14(12)16-8-3-4-9-16/h5-7,11H,3-4,8-10H2,1-2H3,(H,17,18). The van der Waals surface area contributed by atoms with E-state index in [-0.39, 0.29) is 6.10 Å². The van der Waals surface area contributed by atoms with Gasteiger partial charge in [-0.15, -0.1) is 0 Å². The quantitative estimate of drug-likeness (QED) is 0.887. The fraction of sp³-hybridized carbons (Fsp3) is 0.533. The molecule has 4 heteroatoms. The Hall–Kier alpha value is -1.55. The molecule has 0 aliphatic carbocycles. The van der Waals surface area contributed by atoms with Crippen LogP contribution in [0, 0.1) is 0 Å². The second-order valence-corrected chi connectivity index (χ2v) is 5.17. The van der Waals surface area contributed by atoms with Gasteiger partial charge in [0, 0.05) is 18.7 Å². The summed E-state index contributed by atoms with van der Waals surface area (Å²) < 4.78 is 5.64. The summed E-state index contributed by atoms with van der Waals surface area (Å²) in [5.41, 5.74) is 2.19. The lowest BCUT2D eigenvalue weighted by molar-refractivity contribution is 0.0655. The molecule has 1 aliphatic heterocycles. The maximum atomic E-state index is 11.4. The zero-order chi connectivity index (χ0) is 13.8. The minimum Gasteiger partial charge on any atom is -0.478 e. The first-order chi connectivity index (χ1) is 9.09. The molecular formula is C15H21NO3. The average molecular weight is 263 g/mol. The number of anilines is 1. The van der Waals surface area contributed by atoms with Gasteiger partial charge in [0.05, 0.1) is 24.0 Å². The monoisotopic (exact) mass is 263 g/mol. The molecule has 1 aliphatic rings. The van der Waals surface area contributed by atoms with E-state index in [1.807, 2.05) is 19.9 Å². The van der Waals surface area contributed by atoms with Gasteiger partial charge in [-0.25, -0.2) is 4.79 Å². The molecule has 1 aromatic rings. The van der Waals surface area contributed by atoms with Crippen LogP contribution < -0.4 is 4.90 Å². The highest BCUT2D eigenvalue weighted by Crippen LogP contribution is 2.29. The van der Waals surface area contributed by atoms with Crippen LogP contribution in [0.4, 0.5) is 5.69 Å². The van der Waals surface area contributed by atoms with E-state index >= 15 is 0 Å². The van der Waals surface area contributed by atoms with Crippen molar-refractivity contribution in [3.8, 4) is 0 Å². The third kappa shape index (κ3) is 3.26. The van der Waals surface area contributed by atoms with E-state index in [2.05, 4.69) is 4.90 Å². The van der Waals surface area contributed by atoms with Crippen LogP contribution in [0.15, 0.2) is 18.2 Å². The summed E-state index contributed by atoms with van der Waals surface area (Å²) >= 11 is 0. The number of rotatable bonds is 5. The highest BCUT2D eigenvalue weighted by atomic mass is 16.5. The number of carbonyl (C=O) groups is 1. The van der Waals surface area contributed by atoms with E-state index in [4.69, 9.17) is 4.74 Å². The fourth-order valence-electron chi connectivity index (χ4n) is 2.45. The number of para-hydroxylation sites is 1. The molecule has 104 valence electrons. The van der Waals surface area contributed by atoms with Crippen molar-refractivity contribution in [2.75, 3.05) is 18.0 Å². The molecule has 1 heterocycles. The van der Waals surface area contributed by atoms with Crippen LogP contribution in [0.5, 0.6) is 0 Å². The fourth-order valence-corrected chi connectivity index (χ4v) is 2.45. The van der Waals surface area contributed by atoms with Crippen LogP contribution in [0.2, 0.25) is 0 Å². The number of aromatic carboxylic acids is 1. The van der Waals surface area contributed by atoms with Crippen LogP contribution in [0.1, 0.15) is 42.6 Å². The Kier molecular flexibility index (Phi) is 4.43. The SMILES string of the molecule is CC(C)OCc1cccc(C(=O)O)c1N1CCCC1. The van der Waals surface area contributed by atoms with E-state index in [1.165, 1.54) is 0 Å². The molecular weight excluding hydrogens is 242 g/mol. The minimum absolute atomic E-state index is 0.139. The third-order valence-electron chi connectivity index (χ3n) is 3.34. The van der Waals surface area contributed by atoms with Gasteiger partial charge in [-0.1, -0.05) is 12.1 Å². The number of carboxylic acid groups (broad SMARTS) is 1. The van der Waals surface area contributed by atoms with Crippen LogP contribution >= 0.6 is 0 Å². The Bertz CT molecular complexity index is 451. The second-order valence-electron chi connectivity index (χ2n) is 5.17. The number of nitrogens with zero attached hydrogens (tertiary/aromatic N) is 1. The predicted octanol–water partition coefficient (Wildman–Crippen LogP) is 2.91. The number of benzene rings is 1. The van der Waals surface area contributed by atoms with Crippen LogP contribution in [0.3, 0.4) is 0 Å². The van der Waals surface area contributed by atoms with Crippen molar-refractivity contribution in [1.29, 1.82) is 0 Å². The largest absolute Gasteiger partial charge is 0.478 e. The van der Waals surface area contributed by atoms with Crippen molar-refractivity contribution in [3.63, 3.8) is 0 Å². The van der Waals surface area contributed by atoms with E-state index in [0.717, 1.165) is 37.2 Å². The lowest BCUT2D eigenvalue weighted by atomic mass is 10.1. The summed E-state index contributed by atoms with van der Waals surface area (Å²) in [4.78, 5) is 13.6. The van der Waals surface area contributed by atoms with Crippen LogP contribution in [-0.4, -0.2) is 30.3 Å². The van der Waals surface area contributed by atoms with Gasteiger partial charge in [0.25, 0.3) is 0 Å². The smallest absolute Gasteiger partial charge is 0.337 e. The summed E-state index contributed by atoms with van der Waals surface area (Å²) in [6.07, 6.45) is 2.39. The van der Waals surface area contributed by atoms with Gasteiger partial charge in [0.1, 0.15) is 0 Å². The zero-order valence-corrected chi connectivity index (χ0v) is 11.6. The van der Waals surface area contributed by atoms with Gasteiger partial charge in [0.15, 0.2) is 0 Å². The molecule has 0 atom stereocenters. The summed E-state index contributed by atoms with van der Waals surface area (Å²) in [6, 6.07) is 5.43. The molecule has 1 N–H and O–H groups in total. The Labute approximate surface area is 114 Å². The van der Waals surface area contributed by atoms with E-state index < -0.39 is 5.97 Å². The molecule has 0 amide bonds. The average Bonchev–Trinajstić information content (AvgIpc) is 2.89. The number of hydrogen-bond donors (Lipinski definition) is 1. The van der Waals surface area contributed by atoms with Crippen molar-refractivity contribution < 1.29 is 14.6 Å². The van der Waals surface area contributed by atoms with Gasteiger partial charge < -0.3 is 14.7 Å². The van der Waals surface area contributed by atoms with Gasteiger partial charge in [-0.2, -0.15) is 0 Å². The van der Waals surface area contributed by atoms with Crippen LogP contribution in [-0.2, 0) is 11.3 Å². The first-order valence-electron chi connectivity index (χ1n) is 6.81.